The van der Waals surface area contributed by atoms with Crippen molar-refractivity contribution in [1.82, 2.24) is 4.98 Å². The fraction of sp³-hybridized carbons (Fsp3) is 0.278. The summed E-state index contributed by atoms with van der Waals surface area (Å²) in [5, 5.41) is 45.6. The number of nitrogen functional groups attached to an aromatic ring is 1. The van der Waals surface area contributed by atoms with Gasteiger partial charge in [0.15, 0.2) is 0 Å². The maximum Gasteiger partial charge on any atom is 0.412 e. The van der Waals surface area contributed by atoms with Crippen LogP contribution in [0.25, 0.3) is 0 Å². The number of phenolic OH excluding ortho intramolecular Hbond substituents is 1. The Morgan fingerprint density at radius 3 is 2.44 bits per heavy atom. The van der Waals surface area contributed by atoms with E-state index in [1.54, 1.807) is 13.8 Å². The predicted molar refractivity (Wildman–Crippen MR) is 117 cm³/mol. The molecule has 0 bridgehead atoms. The number of amides is 1. The molecule has 1 atom stereocenters. The number of aromatic nitrogens is 1. The topological polar surface area (TPSA) is 237 Å². The van der Waals surface area contributed by atoms with Gasteiger partial charge >= 0.3 is 11.8 Å². The van der Waals surface area contributed by atoms with Crippen LogP contribution in [0.5, 0.6) is 5.75 Å². The molecule has 0 radical (unpaired) electrons. The maximum atomic E-state index is 11.6. The van der Waals surface area contributed by atoms with Crippen molar-refractivity contribution in [2.75, 3.05) is 30.1 Å². The number of hydrogen-bond acceptors (Lipinski definition) is 11. The molecule has 1 amide bonds. The zero-order valence-electron chi connectivity index (χ0n) is 17.6. The monoisotopic (exact) mass is 454 g/mol. The molecule has 0 aliphatic heterocycles. The third-order valence-electron chi connectivity index (χ3n) is 3.76. The van der Waals surface area contributed by atoms with E-state index in [1.807, 2.05) is 0 Å². The van der Waals surface area contributed by atoms with Gasteiger partial charge in [0.05, 0.1) is 17.6 Å². The SMILES string of the molecule is CCOC(=O)Nc1cc(NC(C)C(=NO)c2ccc(O)cc2)c([N+](=O)[O-])c(N)n1.CO.O. The minimum absolute atomic E-state index is 0. The van der Waals surface area contributed by atoms with Crippen molar-refractivity contribution in [2.24, 2.45) is 5.16 Å². The zero-order chi connectivity index (χ0) is 23.6. The fourth-order valence-corrected chi connectivity index (χ4v) is 2.52. The van der Waals surface area contributed by atoms with Crippen molar-refractivity contribution in [1.29, 1.82) is 0 Å². The summed E-state index contributed by atoms with van der Waals surface area (Å²) in [5.74, 6) is -0.460. The van der Waals surface area contributed by atoms with Gasteiger partial charge in [-0.25, -0.2) is 9.78 Å². The lowest BCUT2D eigenvalue weighted by Gasteiger charge is -2.18. The van der Waals surface area contributed by atoms with Crippen LogP contribution in [-0.4, -0.2) is 62.4 Å². The summed E-state index contributed by atoms with van der Waals surface area (Å²) >= 11 is 0. The van der Waals surface area contributed by atoms with Gasteiger partial charge in [-0.15, -0.1) is 0 Å². The second-order valence-corrected chi connectivity index (χ2v) is 5.79. The number of benzene rings is 1. The molecule has 1 unspecified atom stereocenters. The van der Waals surface area contributed by atoms with Crippen molar-refractivity contribution in [3.8, 4) is 5.75 Å². The molecule has 0 saturated carbocycles. The third kappa shape index (κ3) is 7.26. The first-order valence-corrected chi connectivity index (χ1v) is 8.88. The summed E-state index contributed by atoms with van der Waals surface area (Å²) in [6.45, 7) is 3.34. The highest BCUT2D eigenvalue weighted by atomic mass is 16.6. The lowest BCUT2D eigenvalue weighted by Crippen LogP contribution is -2.28. The van der Waals surface area contributed by atoms with Gasteiger partial charge in [0.1, 0.15) is 23.0 Å². The molecule has 1 aromatic carbocycles. The fourth-order valence-electron chi connectivity index (χ4n) is 2.52. The molecule has 32 heavy (non-hydrogen) atoms. The molecule has 0 aliphatic rings. The summed E-state index contributed by atoms with van der Waals surface area (Å²) in [6, 6.07) is 6.34. The van der Waals surface area contributed by atoms with Gasteiger partial charge in [-0.05, 0) is 38.1 Å². The summed E-state index contributed by atoms with van der Waals surface area (Å²) in [4.78, 5) is 26.1. The van der Waals surface area contributed by atoms with E-state index in [-0.39, 0.29) is 35.0 Å². The van der Waals surface area contributed by atoms with E-state index in [0.29, 0.717) is 5.56 Å². The highest BCUT2D eigenvalue weighted by Gasteiger charge is 2.25. The number of aliphatic hydroxyl groups is 1. The lowest BCUT2D eigenvalue weighted by molar-refractivity contribution is -0.383. The Hall–Kier alpha value is -4.17. The van der Waals surface area contributed by atoms with E-state index < -0.39 is 28.6 Å². The van der Waals surface area contributed by atoms with Crippen LogP contribution in [0.4, 0.5) is 27.8 Å². The van der Waals surface area contributed by atoms with Crippen LogP contribution in [0.3, 0.4) is 0 Å². The second-order valence-electron chi connectivity index (χ2n) is 5.79. The Morgan fingerprint density at radius 2 is 1.94 bits per heavy atom. The standard InChI is InChI=1S/C17H20N6O6.CH4O.H2O/c1-3-29-17(25)21-13-8-12(15(23(27)28)16(18)20-13)19-9(2)14(22-26)10-4-6-11(24)7-5-10;1-2;/h4-9,24,26H,3H2,1-2H3,(H4,18,19,20,21,25);2H,1H3;1H2. The van der Waals surface area contributed by atoms with Gasteiger partial charge in [-0.1, -0.05) is 5.16 Å². The number of carbonyl (C=O) groups excluding carboxylic acids is 1. The van der Waals surface area contributed by atoms with Crippen LogP contribution in [-0.2, 0) is 4.74 Å². The highest BCUT2D eigenvalue weighted by Crippen LogP contribution is 2.33. The van der Waals surface area contributed by atoms with Gasteiger partial charge in [0.2, 0.25) is 5.82 Å². The number of hydrogen-bond donors (Lipinski definition) is 6. The Bertz CT molecular complexity index is 936. The normalized spacial score (nSPS) is 11.2. The molecule has 14 nitrogen and oxygen atoms in total. The Kier molecular flexibility index (Phi) is 11.5. The molecule has 2 aromatic rings. The van der Waals surface area contributed by atoms with E-state index in [9.17, 15) is 25.2 Å². The number of carbonyl (C=O) groups is 1. The summed E-state index contributed by atoms with van der Waals surface area (Å²) in [7, 11) is 1.00. The Morgan fingerprint density at radius 1 is 1.34 bits per heavy atom. The van der Waals surface area contributed by atoms with Crippen LogP contribution >= 0.6 is 0 Å². The van der Waals surface area contributed by atoms with Gasteiger partial charge in [-0.3, -0.25) is 15.4 Å². The quantitative estimate of drug-likeness (QED) is 0.152. The number of oxime groups is 1. The molecule has 176 valence electrons. The van der Waals surface area contributed by atoms with Crippen LogP contribution in [0.1, 0.15) is 19.4 Å². The molecular weight excluding hydrogens is 428 g/mol. The van der Waals surface area contributed by atoms with Crippen molar-refractivity contribution in [2.45, 2.75) is 19.9 Å². The number of nitrogens with zero attached hydrogens (tertiary/aromatic N) is 3. The van der Waals surface area contributed by atoms with Crippen molar-refractivity contribution in [3.05, 3.63) is 46.0 Å². The summed E-state index contributed by atoms with van der Waals surface area (Å²) in [6.07, 6.45) is -0.797. The molecule has 1 heterocycles. The van der Waals surface area contributed by atoms with E-state index in [1.165, 1.54) is 30.3 Å². The molecule has 0 fully saturated rings. The number of aliphatic hydroxyl groups excluding tert-OH is 1. The molecule has 2 rings (SSSR count). The second kappa shape index (κ2) is 13.2. The van der Waals surface area contributed by atoms with E-state index in [2.05, 4.69) is 20.8 Å². The highest BCUT2D eigenvalue weighted by molar-refractivity contribution is 6.05. The molecule has 9 N–H and O–H groups in total. The summed E-state index contributed by atoms with van der Waals surface area (Å²) in [5.41, 5.74) is 5.75. The number of nitro groups is 1. The zero-order valence-corrected chi connectivity index (χ0v) is 17.6. The first-order valence-electron chi connectivity index (χ1n) is 8.88. The van der Waals surface area contributed by atoms with Crippen LogP contribution in [0, 0.1) is 10.1 Å². The van der Waals surface area contributed by atoms with Crippen molar-refractivity contribution >= 4 is 34.8 Å². The number of rotatable bonds is 7. The Balaban J connectivity index is 0.00000311. The molecule has 0 aliphatic carbocycles. The molecule has 0 spiro atoms. The summed E-state index contributed by atoms with van der Waals surface area (Å²) < 4.78 is 4.75. The number of pyridine rings is 1. The minimum atomic E-state index is -0.797. The van der Waals surface area contributed by atoms with Gasteiger partial charge in [-0.2, -0.15) is 0 Å². The van der Waals surface area contributed by atoms with Gasteiger partial charge < -0.3 is 36.7 Å². The number of nitrogens with one attached hydrogen (secondary N) is 2. The largest absolute Gasteiger partial charge is 0.508 e. The first kappa shape index (κ1) is 27.8. The number of anilines is 3. The first-order chi connectivity index (χ1) is 14.8. The molecule has 14 heteroatoms. The number of phenols is 1. The van der Waals surface area contributed by atoms with Crippen molar-refractivity contribution < 1.29 is 35.4 Å². The maximum absolute atomic E-state index is 11.6. The number of nitrogens with two attached hydrogens (primary N) is 1. The smallest absolute Gasteiger partial charge is 0.412 e. The predicted octanol–water partition coefficient (Wildman–Crippen LogP) is 1.31. The third-order valence-corrected chi connectivity index (χ3v) is 3.76. The van der Waals surface area contributed by atoms with Crippen LogP contribution in [0.15, 0.2) is 35.5 Å². The van der Waals surface area contributed by atoms with Gasteiger partial charge in [0.25, 0.3) is 0 Å². The van der Waals surface area contributed by atoms with Gasteiger partial charge in [0, 0.05) is 18.7 Å². The average molecular weight is 454 g/mol. The molecular formula is C18H26N6O8. The van der Waals surface area contributed by atoms with E-state index >= 15 is 0 Å². The average Bonchev–Trinajstić information content (AvgIpc) is 2.71. The van der Waals surface area contributed by atoms with Crippen molar-refractivity contribution in [3.63, 3.8) is 0 Å². The van der Waals surface area contributed by atoms with E-state index in [0.717, 1.165) is 7.11 Å². The molecule has 1 aromatic heterocycles. The van der Waals surface area contributed by atoms with E-state index in [4.69, 9.17) is 15.6 Å². The molecule has 0 saturated heterocycles. The number of ether oxygens (including phenoxy) is 1. The minimum Gasteiger partial charge on any atom is -0.508 e. The number of aromatic hydroxyl groups is 1. The van der Waals surface area contributed by atoms with Crippen LogP contribution < -0.4 is 16.4 Å². The Labute approximate surface area is 182 Å². The lowest BCUT2D eigenvalue weighted by atomic mass is 10.0. The van der Waals surface area contributed by atoms with Crippen LogP contribution in [0.2, 0.25) is 0 Å².